The average molecular weight is 304 g/mol. The molecule has 2 aromatic carbocycles. The molecule has 0 saturated heterocycles. The molecule has 18 heavy (non-hydrogen) atoms. The zero-order valence-corrected chi connectivity index (χ0v) is 11.2. The highest BCUT2D eigenvalue weighted by atomic mass is 35.5. The van der Waals surface area contributed by atoms with Crippen LogP contribution in [0.2, 0.25) is 10.0 Å². The van der Waals surface area contributed by atoms with Crippen LogP contribution in [0.1, 0.15) is 10.4 Å². The monoisotopic (exact) mass is 302 g/mol. The highest BCUT2D eigenvalue weighted by Gasteiger charge is 2.16. The van der Waals surface area contributed by atoms with Crippen LogP contribution < -0.4 is 0 Å². The van der Waals surface area contributed by atoms with Gasteiger partial charge in [0.25, 0.3) is 5.24 Å². The highest BCUT2D eigenvalue weighted by molar-refractivity contribution is 6.68. The Morgan fingerprint density at radius 3 is 2.39 bits per heavy atom. The molecule has 0 radical (unpaired) electrons. The Bertz CT molecular complexity index is 626. The first-order valence-electron chi connectivity index (χ1n) is 4.94. The highest BCUT2D eigenvalue weighted by Crippen LogP contribution is 2.31. The van der Waals surface area contributed by atoms with Gasteiger partial charge in [0.15, 0.2) is 0 Å². The van der Waals surface area contributed by atoms with E-state index < -0.39 is 11.1 Å². The van der Waals surface area contributed by atoms with Gasteiger partial charge in [-0.2, -0.15) is 0 Å². The summed E-state index contributed by atoms with van der Waals surface area (Å²) in [4.78, 5) is 11.3. The summed E-state index contributed by atoms with van der Waals surface area (Å²) in [6.45, 7) is 0. The first-order chi connectivity index (χ1) is 8.50. The van der Waals surface area contributed by atoms with Crippen molar-refractivity contribution in [2.24, 2.45) is 0 Å². The maximum Gasteiger partial charge on any atom is 0.255 e. The molecule has 0 atom stereocenters. The molecule has 2 rings (SSSR count). The van der Waals surface area contributed by atoms with E-state index in [1.165, 1.54) is 12.1 Å². The number of benzene rings is 2. The van der Waals surface area contributed by atoms with Gasteiger partial charge in [-0.05, 0) is 40.9 Å². The van der Waals surface area contributed by atoms with Crippen molar-refractivity contribution < 1.29 is 9.18 Å². The van der Waals surface area contributed by atoms with E-state index in [1.54, 1.807) is 24.3 Å². The second-order valence-electron chi connectivity index (χ2n) is 3.56. The smallest absolute Gasteiger partial charge is 0.255 e. The summed E-state index contributed by atoms with van der Waals surface area (Å²) >= 11 is 17.1. The van der Waals surface area contributed by atoms with Crippen LogP contribution in [-0.4, -0.2) is 5.24 Å². The summed E-state index contributed by atoms with van der Waals surface area (Å²) in [5.74, 6) is -0.668. The van der Waals surface area contributed by atoms with E-state index >= 15 is 0 Å². The summed E-state index contributed by atoms with van der Waals surface area (Å²) in [5.41, 5.74) is 0.791. The molecular formula is C13H6Cl3FO. The summed E-state index contributed by atoms with van der Waals surface area (Å²) in [5, 5.41) is -0.142. The Labute approximate surface area is 118 Å². The minimum atomic E-state index is -0.853. The standard InChI is InChI=1S/C13H6Cl3FO/c14-9-5-4-7(6-10(9)15)8-2-1-3-11(17)12(8)13(16)18/h1-6H. The van der Waals surface area contributed by atoms with Gasteiger partial charge >= 0.3 is 0 Å². The maximum atomic E-state index is 13.6. The molecule has 0 fully saturated rings. The molecule has 2 aromatic rings. The van der Waals surface area contributed by atoms with E-state index in [-0.39, 0.29) is 5.56 Å². The van der Waals surface area contributed by atoms with Crippen LogP contribution in [0.25, 0.3) is 11.1 Å². The molecule has 5 heteroatoms. The molecule has 0 bridgehead atoms. The lowest BCUT2D eigenvalue weighted by atomic mass is 10.00. The van der Waals surface area contributed by atoms with Gasteiger partial charge in [-0.15, -0.1) is 0 Å². The second kappa shape index (κ2) is 5.27. The molecule has 0 aliphatic rings. The van der Waals surface area contributed by atoms with Crippen molar-refractivity contribution in [3.8, 4) is 11.1 Å². The van der Waals surface area contributed by atoms with Crippen LogP contribution in [0.15, 0.2) is 36.4 Å². The molecule has 0 N–H and O–H groups in total. The number of carbonyl (C=O) groups is 1. The fraction of sp³-hybridized carbons (Fsp3) is 0. The minimum absolute atomic E-state index is 0.169. The largest absolute Gasteiger partial charge is 0.275 e. The molecule has 0 aromatic heterocycles. The van der Waals surface area contributed by atoms with Gasteiger partial charge in [0.1, 0.15) is 5.82 Å². The zero-order chi connectivity index (χ0) is 13.3. The van der Waals surface area contributed by atoms with Crippen LogP contribution in [0.4, 0.5) is 4.39 Å². The zero-order valence-electron chi connectivity index (χ0n) is 8.88. The molecule has 0 heterocycles. The Hall–Kier alpha value is -1.09. The lowest BCUT2D eigenvalue weighted by molar-refractivity contribution is 0.107. The van der Waals surface area contributed by atoms with E-state index in [0.29, 0.717) is 21.2 Å². The lowest BCUT2D eigenvalue weighted by Crippen LogP contribution is -1.98. The minimum Gasteiger partial charge on any atom is -0.275 e. The van der Waals surface area contributed by atoms with E-state index in [1.807, 2.05) is 0 Å². The number of halogens is 4. The molecule has 0 aliphatic carbocycles. The Kier molecular flexibility index (Phi) is 3.91. The third kappa shape index (κ3) is 2.51. The van der Waals surface area contributed by atoms with E-state index in [2.05, 4.69) is 0 Å². The summed E-state index contributed by atoms with van der Waals surface area (Å²) in [6, 6.07) is 9.05. The van der Waals surface area contributed by atoms with Crippen molar-refractivity contribution in [2.75, 3.05) is 0 Å². The van der Waals surface area contributed by atoms with E-state index in [4.69, 9.17) is 34.8 Å². The Morgan fingerprint density at radius 1 is 1.06 bits per heavy atom. The first kappa shape index (κ1) is 13.3. The third-order valence-electron chi connectivity index (χ3n) is 2.44. The van der Waals surface area contributed by atoms with Crippen LogP contribution in [0.5, 0.6) is 0 Å². The fourth-order valence-corrected chi connectivity index (χ4v) is 2.12. The lowest BCUT2D eigenvalue weighted by Gasteiger charge is -2.08. The Morgan fingerprint density at radius 2 is 1.78 bits per heavy atom. The quantitative estimate of drug-likeness (QED) is 0.699. The molecular weight excluding hydrogens is 297 g/mol. The van der Waals surface area contributed by atoms with Crippen LogP contribution in [-0.2, 0) is 0 Å². The first-order valence-corrected chi connectivity index (χ1v) is 6.08. The van der Waals surface area contributed by atoms with Gasteiger partial charge in [0.2, 0.25) is 0 Å². The number of hydrogen-bond donors (Lipinski definition) is 0. The number of hydrogen-bond acceptors (Lipinski definition) is 1. The van der Waals surface area contributed by atoms with Crippen molar-refractivity contribution in [1.82, 2.24) is 0 Å². The van der Waals surface area contributed by atoms with Gasteiger partial charge in [0, 0.05) is 0 Å². The maximum absolute atomic E-state index is 13.6. The van der Waals surface area contributed by atoms with Crippen LogP contribution >= 0.6 is 34.8 Å². The summed E-state index contributed by atoms with van der Waals surface area (Å²) in [6.07, 6.45) is 0. The Balaban J connectivity index is 2.67. The van der Waals surface area contributed by atoms with Gasteiger partial charge in [-0.25, -0.2) is 4.39 Å². The molecule has 0 unspecified atom stereocenters. The van der Waals surface area contributed by atoms with E-state index in [0.717, 1.165) is 0 Å². The van der Waals surface area contributed by atoms with Crippen molar-refractivity contribution >= 4 is 40.0 Å². The van der Waals surface area contributed by atoms with Gasteiger partial charge < -0.3 is 0 Å². The SMILES string of the molecule is O=C(Cl)c1c(F)cccc1-c1ccc(Cl)c(Cl)c1. The molecule has 0 spiro atoms. The summed E-state index contributed by atoms with van der Waals surface area (Å²) < 4.78 is 13.6. The van der Waals surface area contributed by atoms with Crippen LogP contribution in [0.3, 0.4) is 0 Å². The molecule has 0 amide bonds. The number of rotatable bonds is 2. The van der Waals surface area contributed by atoms with Crippen molar-refractivity contribution in [2.45, 2.75) is 0 Å². The molecule has 1 nitrogen and oxygen atoms in total. The molecule has 0 aliphatic heterocycles. The predicted octanol–water partition coefficient (Wildman–Crippen LogP) is 5.18. The van der Waals surface area contributed by atoms with Crippen molar-refractivity contribution in [3.63, 3.8) is 0 Å². The van der Waals surface area contributed by atoms with E-state index in [9.17, 15) is 9.18 Å². The van der Waals surface area contributed by atoms with Gasteiger partial charge in [-0.3, -0.25) is 4.79 Å². The predicted molar refractivity (Wildman–Crippen MR) is 72.0 cm³/mol. The number of carbonyl (C=O) groups excluding carboxylic acids is 1. The second-order valence-corrected chi connectivity index (χ2v) is 4.72. The normalized spacial score (nSPS) is 10.4. The van der Waals surface area contributed by atoms with Crippen molar-refractivity contribution in [3.05, 3.63) is 57.8 Å². The topological polar surface area (TPSA) is 17.1 Å². The van der Waals surface area contributed by atoms with Crippen molar-refractivity contribution in [1.29, 1.82) is 0 Å². The van der Waals surface area contributed by atoms with Gasteiger partial charge in [0.05, 0.1) is 15.6 Å². The van der Waals surface area contributed by atoms with Crippen LogP contribution in [0, 0.1) is 5.82 Å². The molecule has 0 saturated carbocycles. The fourth-order valence-electron chi connectivity index (χ4n) is 1.63. The van der Waals surface area contributed by atoms with Gasteiger partial charge in [-0.1, -0.05) is 41.4 Å². The molecule has 92 valence electrons. The third-order valence-corrected chi connectivity index (χ3v) is 3.37. The average Bonchev–Trinajstić information content (AvgIpc) is 2.32. The summed E-state index contributed by atoms with van der Waals surface area (Å²) in [7, 11) is 0.